The number of hydrogen-bond donors (Lipinski definition) is 1. The van der Waals surface area contributed by atoms with Gasteiger partial charge in [-0.1, -0.05) is 19.8 Å². The van der Waals surface area contributed by atoms with E-state index < -0.39 is 10.0 Å². The first-order chi connectivity index (χ1) is 10.5. The molecule has 22 heavy (non-hydrogen) atoms. The zero-order valence-electron chi connectivity index (χ0n) is 13.2. The smallest absolute Gasteiger partial charge is 0.232 e. The summed E-state index contributed by atoms with van der Waals surface area (Å²) in [4.78, 5) is 4.76. The van der Waals surface area contributed by atoms with E-state index in [0.29, 0.717) is 18.0 Å². The Bertz CT molecular complexity index is 774. The Morgan fingerprint density at radius 1 is 1.32 bits per heavy atom. The van der Waals surface area contributed by atoms with Gasteiger partial charge in [-0.05, 0) is 37.5 Å². The second-order valence-electron chi connectivity index (χ2n) is 6.13. The van der Waals surface area contributed by atoms with Crippen molar-refractivity contribution in [2.24, 2.45) is 7.05 Å². The van der Waals surface area contributed by atoms with Crippen LogP contribution in [-0.4, -0.2) is 23.7 Å². The van der Waals surface area contributed by atoms with Gasteiger partial charge in [0.25, 0.3) is 0 Å². The van der Waals surface area contributed by atoms with Crippen molar-refractivity contribution in [3.8, 4) is 0 Å². The van der Waals surface area contributed by atoms with E-state index >= 15 is 0 Å². The zero-order chi connectivity index (χ0) is 15.7. The summed E-state index contributed by atoms with van der Waals surface area (Å²) in [6.07, 6.45) is 5.55. The largest absolute Gasteiger partial charge is 0.331 e. The van der Waals surface area contributed by atoms with Crippen molar-refractivity contribution >= 4 is 26.7 Å². The second-order valence-corrected chi connectivity index (χ2v) is 7.98. The number of nitrogens with one attached hydrogen (secondary N) is 1. The molecule has 1 aliphatic carbocycles. The Balaban J connectivity index is 1.93. The van der Waals surface area contributed by atoms with Crippen LogP contribution in [0.3, 0.4) is 0 Å². The third kappa shape index (κ3) is 2.97. The number of sulfonamides is 1. The fraction of sp³-hybridized carbons (Fsp3) is 0.562. The maximum Gasteiger partial charge on any atom is 0.232 e. The average Bonchev–Trinajstić information content (AvgIpc) is 3.06. The summed E-state index contributed by atoms with van der Waals surface area (Å²) in [6.45, 7) is 1.86. The number of fused-ring (bicyclic) bond motifs is 1. The predicted molar refractivity (Wildman–Crippen MR) is 89.6 cm³/mol. The van der Waals surface area contributed by atoms with Crippen LogP contribution in [0.2, 0.25) is 0 Å². The molecule has 0 unspecified atom stereocenters. The van der Waals surface area contributed by atoms with Crippen molar-refractivity contribution in [1.82, 2.24) is 9.55 Å². The van der Waals surface area contributed by atoms with E-state index in [0.717, 1.165) is 16.9 Å². The van der Waals surface area contributed by atoms with Crippen LogP contribution in [0.5, 0.6) is 0 Å². The minimum Gasteiger partial charge on any atom is -0.331 e. The molecule has 0 atom stereocenters. The zero-order valence-corrected chi connectivity index (χ0v) is 14.0. The number of aryl methyl sites for hydroxylation is 1. The molecule has 0 spiro atoms. The molecule has 0 amide bonds. The molecule has 0 saturated heterocycles. The van der Waals surface area contributed by atoms with E-state index in [1.165, 1.54) is 25.7 Å². The quantitative estimate of drug-likeness (QED) is 0.918. The van der Waals surface area contributed by atoms with E-state index in [9.17, 15) is 8.42 Å². The van der Waals surface area contributed by atoms with Crippen molar-refractivity contribution in [3.63, 3.8) is 0 Å². The van der Waals surface area contributed by atoms with Crippen molar-refractivity contribution < 1.29 is 8.42 Å². The van der Waals surface area contributed by atoms with Crippen LogP contribution in [0.15, 0.2) is 18.2 Å². The van der Waals surface area contributed by atoms with Gasteiger partial charge in [-0.2, -0.15) is 0 Å². The van der Waals surface area contributed by atoms with Gasteiger partial charge >= 0.3 is 0 Å². The van der Waals surface area contributed by atoms with Gasteiger partial charge in [0.2, 0.25) is 10.0 Å². The summed E-state index contributed by atoms with van der Waals surface area (Å²) in [6, 6.07) is 5.60. The third-order valence-electron chi connectivity index (χ3n) is 4.38. The molecule has 0 bridgehead atoms. The predicted octanol–water partition coefficient (Wildman–Crippen LogP) is 3.38. The maximum absolute atomic E-state index is 11.9. The molecular weight excluding hydrogens is 298 g/mol. The van der Waals surface area contributed by atoms with Gasteiger partial charge in [-0.15, -0.1) is 0 Å². The van der Waals surface area contributed by atoms with Gasteiger partial charge in [-0.3, -0.25) is 4.72 Å². The van der Waals surface area contributed by atoms with Crippen molar-refractivity contribution in [2.45, 2.75) is 44.9 Å². The minimum absolute atomic E-state index is 0.139. The first-order valence-corrected chi connectivity index (χ1v) is 9.62. The topological polar surface area (TPSA) is 64.0 Å². The average molecular weight is 321 g/mol. The van der Waals surface area contributed by atoms with Crippen LogP contribution in [0.1, 0.15) is 50.8 Å². The van der Waals surface area contributed by atoms with E-state index in [2.05, 4.69) is 9.29 Å². The molecule has 1 saturated carbocycles. The van der Waals surface area contributed by atoms with Crippen molar-refractivity contribution in [3.05, 3.63) is 24.0 Å². The number of benzene rings is 1. The van der Waals surface area contributed by atoms with Crippen LogP contribution in [0.4, 0.5) is 5.69 Å². The molecular formula is C16H23N3O2S. The van der Waals surface area contributed by atoms with Gasteiger partial charge in [0, 0.05) is 13.0 Å². The number of nitrogens with zero attached hydrogens (tertiary/aromatic N) is 2. The summed E-state index contributed by atoms with van der Waals surface area (Å²) in [5.74, 6) is 1.80. The molecule has 0 aliphatic heterocycles. The summed E-state index contributed by atoms with van der Waals surface area (Å²) < 4.78 is 28.5. The molecule has 6 heteroatoms. The van der Waals surface area contributed by atoms with E-state index in [4.69, 9.17) is 4.98 Å². The number of hydrogen-bond acceptors (Lipinski definition) is 3. The third-order valence-corrected chi connectivity index (χ3v) is 5.87. The van der Waals surface area contributed by atoms with Gasteiger partial charge in [0.1, 0.15) is 5.82 Å². The number of aromatic nitrogens is 2. The van der Waals surface area contributed by atoms with Crippen LogP contribution >= 0.6 is 0 Å². The van der Waals surface area contributed by atoms with Crippen LogP contribution in [0, 0.1) is 0 Å². The lowest BCUT2D eigenvalue weighted by molar-refractivity contribution is 0.600. The lowest BCUT2D eigenvalue weighted by atomic mass is 10.1. The van der Waals surface area contributed by atoms with Crippen molar-refractivity contribution in [2.75, 3.05) is 10.5 Å². The first kappa shape index (κ1) is 15.3. The Morgan fingerprint density at radius 2 is 2.05 bits per heavy atom. The fourth-order valence-electron chi connectivity index (χ4n) is 3.33. The van der Waals surface area contributed by atoms with Crippen molar-refractivity contribution in [1.29, 1.82) is 0 Å². The Morgan fingerprint density at radius 3 is 2.73 bits per heavy atom. The molecule has 1 aliphatic rings. The van der Waals surface area contributed by atoms with Crippen LogP contribution in [-0.2, 0) is 17.1 Å². The van der Waals surface area contributed by atoms with Crippen LogP contribution < -0.4 is 4.72 Å². The number of imidazole rings is 1. The molecule has 1 aromatic carbocycles. The SMILES string of the molecule is CCCS(=O)(=O)Nc1ccc2c(c1)nc(C1CCCC1)n2C. The van der Waals surface area contributed by atoms with Gasteiger partial charge in [0.05, 0.1) is 22.5 Å². The number of anilines is 1. The molecule has 3 rings (SSSR count). The standard InChI is InChI=1S/C16H23N3O2S/c1-3-10-22(20,21)18-13-8-9-15-14(11-13)17-16(19(15)2)12-6-4-5-7-12/h8-9,11-12,18H,3-7,10H2,1-2H3. The fourth-order valence-corrected chi connectivity index (χ4v) is 4.46. The molecule has 120 valence electrons. The van der Waals surface area contributed by atoms with Gasteiger partial charge in [-0.25, -0.2) is 13.4 Å². The highest BCUT2D eigenvalue weighted by Gasteiger charge is 2.22. The van der Waals surface area contributed by atoms with Gasteiger partial charge < -0.3 is 4.57 Å². The maximum atomic E-state index is 11.9. The summed E-state index contributed by atoms with van der Waals surface area (Å²) in [5.41, 5.74) is 2.51. The van der Waals surface area contributed by atoms with E-state index in [1.54, 1.807) is 0 Å². The highest BCUT2D eigenvalue weighted by Crippen LogP contribution is 2.35. The normalized spacial score (nSPS) is 16.5. The number of rotatable bonds is 5. The summed E-state index contributed by atoms with van der Waals surface area (Å²) >= 11 is 0. The molecule has 1 N–H and O–H groups in total. The molecule has 2 aromatic rings. The molecule has 1 fully saturated rings. The molecule has 1 aromatic heterocycles. The highest BCUT2D eigenvalue weighted by atomic mass is 32.2. The summed E-state index contributed by atoms with van der Waals surface area (Å²) in [5, 5.41) is 0. The molecule has 0 radical (unpaired) electrons. The molecule has 1 heterocycles. The summed E-state index contributed by atoms with van der Waals surface area (Å²) in [7, 11) is -1.21. The monoisotopic (exact) mass is 321 g/mol. The minimum atomic E-state index is -3.26. The van der Waals surface area contributed by atoms with Crippen LogP contribution in [0.25, 0.3) is 11.0 Å². The highest BCUT2D eigenvalue weighted by molar-refractivity contribution is 7.92. The second kappa shape index (κ2) is 5.91. The van der Waals surface area contributed by atoms with E-state index in [-0.39, 0.29) is 5.75 Å². The van der Waals surface area contributed by atoms with Gasteiger partial charge in [0.15, 0.2) is 0 Å². The first-order valence-electron chi connectivity index (χ1n) is 7.97. The van der Waals surface area contributed by atoms with E-state index in [1.807, 2.05) is 32.2 Å². The molecule has 5 nitrogen and oxygen atoms in total. The lowest BCUT2D eigenvalue weighted by Gasteiger charge is -2.08. The Labute approximate surface area is 131 Å². The Hall–Kier alpha value is -1.56. The lowest BCUT2D eigenvalue weighted by Crippen LogP contribution is -2.15. The Kier molecular flexibility index (Phi) is 4.12.